The third-order valence-electron chi connectivity index (χ3n) is 2.33. The molecule has 0 fully saturated rings. The molecule has 1 unspecified atom stereocenters. The Kier molecular flexibility index (Phi) is 4.78. The fourth-order valence-electron chi connectivity index (χ4n) is 1.41. The maximum atomic E-state index is 11.9. The van der Waals surface area contributed by atoms with Crippen molar-refractivity contribution in [3.63, 3.8) is 0 Å². The smallest absolute Gasteiger partial charge is 0.229 e. The number of anilines is 1. The Hall–Kier alpha value is -0.870. The molecule has 84 valence electrons. The molecule has 1 heterocycles. The predicted molar refractivity (Wildman–Crippen MR) is 65.2 cm³/mol. The topological polar surface area (TPSA) is 41.1 Å². The van der Waals surface area contributed by atoms with Crippen LogP contribution in [0.2, 0.25) is 0 Å². The maximum Gasteiger partial charge on any atom is 0.229 e. The van der Waals surface area contributed by atoms with Crippen molar-refractivity contribution in [2.45, 2.75) is 13.8 Å². The molecule has 0 saturated heterocycles. The van der Waals surface area contributed by atoms with Gasteiger partial charge in [0.05, 0.1) is 10.9 Å². The SMILES string of the molecule is CNCC(C(=O)Nc1cccs1)C(C)C. The molecule has 1 aromatic heterocycles. The molecule has 2 N–H and O–H groups in total. The standard InChI is InChI=1S/C11H18N2OS/c1-8(2)9(7-12-3)11(14)13-10-5-4-6-15-10/h4-6,8-9,12H,7H2,1-3H3,(H,13,14). The molecule has 1 aromatic rings. The van der Waals surface area contributed by atoms with E-state index in [4.69, 9.17) is 0 Å². The van der Waals surface area contributed by atoms with E-state index in [0.29, 0.717) is 5.92 Å². The molecular weight excluding hydrogens is 208 g/mol. The van der Waals surface area contributed by atoms with E-state index in [9.17, 15) is 4.79 Å². The first kappa shape index (κ1) is 12.2. The van der Waals surface area contributed by atoms with E-state index in [1.165, 1.54) is 0 Å². The van der Waals surface area contributed by atoms with Gasteiger partial charge in [0.25, 0.3) is 0 Å². The lowest BCUT2D eigenvalue weighted by molar-refractivity contribution is -0.120. The third-order valence-corrected chi connectivity index (χ3v) is 3.12. The minimum absolute atomic E-state index is 0.0251. The van der Waals surface area contributed by atoms with Crippen LogP contribution in [-0.4, -0.2) is 19.5 Å². The molecule has 1 rings (SSSR count). The Morgan fingerprint density at radius 2 is 2.27 bits per heavy atom. The van der Waals surface area contributed by atoms with E-state index in [2.05, 4.69) is 24.5 Å². The lowest BCUT2D eigenvalue weighted by atomic mass is 9.95. The van der Waals surface area contributed by atoms with Crippen LogP contribution in [0.1, 0.15) is 13.8 Å². The molecule has 1 atom stereocenters. The van der Waals surface area contributed by atoms with Crippen molar-refractivity contribution in [3.8, 4) is 0 Å². The predicted octanol–water partition coefficient (Wildman–Crippen LogP) is 2.18. The third kappa shape index (κ3) is 3.64. The number of carbonyl (C=O) groups is 1. The van der Waals surface area contributed by atoms with Gasteiger partial charge in [-0.15, -0.1) is 11.3 Å². The summed E-state index contributed by atoms with van der Waals surface area (Å²) in [6.07, 6.45) is 0. The summed E-state index contributed by atoms with van der Waals surface area (Å²) >= 11 is 1.55. The molecule has 3 nitrogen and oxygen atoms in total. The highest BCUT2D eigenvalue weighted by Gasteiger charge is 2.21. The van der Waals surface area contributed by atoms with E-state index in [-0.39, 0.29) is 11.8 Å². The van der Waals surface area contributed by atoms with Crippen LogP contribution >= 0.6 is 11.3 Å². The summed E-state index contributed by atoms with van der Waals surface area (Å²) in [5.41, 5.74) is 0. The van der Waals surface area contributed by atoms with Gasteiger partial charge in [0, 0.05) is 6.54 Å². The first-order valence-corrected chi connectivity index (χ1v) is 6.02. The number of nitrogens with one attached hydrogen (secondary N) is 2. The van der Waals surface area contributed by atoms with Crippen LogP contribution in [0.4, 0.5) is 5.00 Å². The Morgan fingerprint density at radius 3 is 2.73 bits per heavy atom. The first-order valence-electron chi connectivity index (χ1n) is 5.14. The summed E-state index contributed by atoms with van der Waals surface area (Å²) in [5.74, 6) is 0.469. The van der Waals surface area contributed by atoms with Crippen molar-refractivity contribution in [1.82, 2.24) is 5.32 Å². The van der Waals surface area contributed by atoms with Crippen molar-refractivity contribution in [2.24, 2.45) is 11.8 Å². The molecule has 4 heteroatoms. The second-order valence-electron chi connectivity index (χ2n) is 3.87. The van der Waals surface area contributed by atoms with E-state index in [1.54, 1.807) is 11.3 Å². The van der Waals surface area contributed by atoms with E-state index >= 15 is 0 Å². The number of rotatable bonds is 5. The minimum atomic E-state index is 0.0251. The first-order chi connectivity index (χ1) is 7.15. The van der Waals surface area contributed by atoms with Gasteiger partial charge < -0.3 is 10.6 Å². The number of amides is 1. The average molecular weight is 226 g/mol. The molecule has 0 bridgehead atoms. The summed E-state index contributed by atoms with van der Waals surface area (Å²) < 4.78 is 0. The summed E-state index contributed by atoms with van der Waals surface area (Å²) in [4.78, 5) is 11.9. The zero-order chi connectivity index (χ0) is 11.3. The second kappa shape index (κ2) is 5.88. The number of carbonyl (C=O) groups excluding carboxylic acids is 1. The zero-order valence-corrected chi connectivity index (χ0v) is 10.2. The highest BCUT2D eigenvalue weighted by Crippen LogP contribution is 2.18. The van der Waals surface area contributed by atoms with Gasteiger partial charge >= 0.3 is 0 Å². The Bertz CT molecular complexity index is 296. The summed E-state index contributed by atoms with van der Waals surface area (Å²) in [5, 5.41) is 8.85. The van der Waals surface area contributed by atoms with Gasteiger partial charge in [0.2, 0.25) is 5.91 Å². The van der Waals surface area contributed by atoms with Crippen molar-refractivity contribution < 1.29 is 4.79 Å². The molecule has 0 radical (unpaired) electrons. The Morgan fingerprint density at radius 1 is 1.53 bits per heavy atom. The maximum absolute atomic E-state index is 11.9. The van der Waals surface area contributed by atoms with Gasteiger partial charge in [-0.1, -0.05) is 13.8 Å². The lowest BCUT2D eigenvalue weighted by Crippen LogP contribution is -2.34. The molecule has 1 amide bonds. The molecule has 0 aliphatic heterocycles. The monoisotopic (exact) mass is 226 g/mol. The number of hydrogen-bond donors (Lipinski definition) is 2. The van der Waals surface area contributed by atoms with Crippen molar-refractivity contribution >= 4 is 22.2 Å². The van der Waals surface area contributed by atoms with Crippen LogP contribution in [-0.2, 0) is 4.79 Å². The van der Waals surface area contributed by atoms with Crippen LogP contribution in [0.15, 0.2) is 17.5 Å². The summed E-state index contributed by atoms with van der Waals surface area (Å²) in [6, 6.07) is 3.85. The van der Waals surface area contributed by atoms with Crippen LogP contribution in [0.5, 0.6) is 0 Å². The van der Waals surface area contributed by atoms with Gasteiger partial charge in [0.15, 0.2) is 0 Å². The normalized spacial score (nSPS) is 12.8. The van der Waals surface area contributed by atoms with Gasteiger partial charge in [-0.2, -0.15) is 0 Å². The van der Waals surface area contributed by atoms with Crippen LogP contribution < -0.4 is 10.6 Å². The van der Waals surface area contributed by atoms with Gasteiger partial charge in [0.1, 0.15) is 0 Å². The van der Waals surface area contributed by atoms with Crippen LogP contribution in [0.3, 0.4) is 0 Å². The van der Waals surface area contributed by atoms with E-state index < -0.39 is 0 Å². The molecule has 0 saturated carbocycles. The molecule has 0 aliphatic carbocycles. The van der Waals surface area contributed by atoms with E-state index in [0.717, 1.165) is 11.5 Å². The van der Waals surface area contributed by atoms with Crippen LogP contribution in [0, 0.1) is 11.8 Å². The molecule has 0 aromatic carbocycles. The largest absolute Gasteiger partial charge is 0.319 e. The lowest BCUT2D eigenvalue weighted by Gasteiger charge is -2.19. The minimum Gasteiger partial charge on any atom is -0.319 e. The van der Waals surface area contributed by atoms with Gasteiger partial charge in [-0.3, -0.25) is 4.79 Å². The molecule has 0 spiro atoms. The highest BCUT2D eigenvalue weighted by molar-refractivity contribution is 7.14. The van der Waals surface area contributed by atoms with Crippen LogP contribution in [0.25, 0.3) is 0 Å². The van der Waals surface area contributed by atoms with Crippen molar-refractivity contribution in [2.75, 3.05) is 18.9 Å². The summed E-state index contributed by atoms with van der Waals surface area (Å²) in [6.45, 7) is 4.85. The summed E-state index contributed by atoms with van der Waals surface area (Å²) in [7, 11) is 1.87. The fraction of sp³-hybridized carbons (Fsp3) is 0.545. The Labute approximate surface area is 94.9 Å². The van der Waals surface area contributed by atoms with Gasteiger partial charge in [-0.05, 0) is 30.5 Å². The van der Waals surface area contributed by atoms with E-state index in [1.807, 2.05) is 24.6 Å². The zero-order valence-electron chi connectivity index (χ0n) is 9.41. The van der Waals surface area contributed by atoms with Crippen molar-refractivity contribution in [3.05, 3.63) is 17.5 Å². The fourth-order valence-corrected chi connectivity index (χ4v) is 2.04. The average Bonchev–Trinajstić information content (AvgIpc) is 2.65. The second-order valence-corrected chi connectivity index (χ2v) is 4.82. The number of hydrogen-bond acceptors (Lipinski definition) is 3. The molecular formula is C11H18N2OS. The number of thiophene rings is 1. The highest BCUT2D eigenvalue weighted by atomic mass is 32.1. The van der Waals surface area contributed by atoms with Gasteiger partial charge in [-0.25, -0.2) is 0 Å². The Balaban J connectivity index is 2.56. The quantitative estimate of drug-likeness (QED) is 0.808. The molecule has 0 aliphatic rings. The van der Waals surface area contributed by atoms with Crippen molar-refractivity contribution in [1.29, 1.82) is 0 Å². The molecule has 15 heavy (non-hydrogen) atoms.